The number of hydrogen-bond acceptors (Lipinski definition) is 3. The van der Waals surface area contributed by atoms with Gasteiger partial charge in [0.25, 0.3) is 5.91 Å². The van der Waals surface area contributed by atoms with E-state index in [4.69, 9.17) is 9.47 Å². The summed E-state index contributed by atoms with van der Waals surface area (Å²) in [5, 5.41) is 3.00. The summed E-state index contributed by atoms with van der Waals surface area (Å²) in [6.07, 6.45) is 0.784. The van der Waals surface area contributed by atoms with E-state index in [1.807, 2.05) is 31.2 Å². The lowest BCUT2D eigenvalue weighted by Crippen LogP contribution is -2.44. The number of hydrogen-bond donors (Lipinski definition) is 1. The van der Waals surface area contributed by atoms with Crippen LogP contribution >= 0.6 is 0 Å². The molecule has 1 atom stereocenters. The van der Waals surface area contributed by atoms with Crippen LogP contribution < -0.4 is 10.1 Å². The SMILES string of the molecule is CCC(NC(=O)C(C)(C)OC)c1ccccc1OC. The molecule has 0 aliphatic heterocycles. The second-order valence-electron chi connectivity index (χ2n) is 4.89. The molecule has 4 nitrogen and oxygen atoms in total. The van der Waals surface area contributed by atoms with E-state index in [2.05, 4.69) is 5.32 Å². The summed E-state index contributed by atoms with van der Waals surface area (Å²) >= 11 is 0. The molecular weight excluding hydrogens is 242 g/mol. The molecule has 1 rings (SSSR count). The van der Waals surface area contributed by atoms with Crippen molar-refractivity contribution in [3.05, 3.63) is 29.8 Å². The monoisotopic (exact) mass is 265 g/mol. The summed E-state index contributed by atoms with van der Waals surface area (Å²) in [6, 6.07) is 7.63. The van der Waals surface area contributed by atoms with Crippen LogP contribution in [0.25, 0.3) is 0 Å². The Morgan fingerprint density at radius 1 is 1.32 bits per heavy atom. The number of ether oxygens (including phenoxy) is 2. The zero-order valence-corrected chi connectivity index (χ0v) is 12.3. The fraction of sp³-hybridized carbons (Fsp3) is 0.533. The number of carbonyl (C=O) groups excluding carboxylic acids is 1. The van der Waals surface area contributed by atoms with Crippen molar-refractivity contribution in [3.63, 3.8) is 0 Å². The third-order valence-corrected chi connectivity index (χ3v) is 3.29. The van der Waals surface area contributed by atoms with Gasteiger partial charge in [0.15, 0.2) is 0 Å². The van der Waals surface area contributed by atoms with E-state index in [1.54, 1.807) is 21.0 Å². The molecule has 0 radical (unpaired) electrons. The molecule has 0 fully saturated rings. The Labute approximate surface area is 115 Å². The van der Waals surface area contributed by atoms with E-state index >= 15 is 0 Å². The Hall–Kier alpha value is -1.55. The third-order valence-electron chi connectivity index (χ3n) is 3.29. The maximum absolute atomic E-state index is 12.2. The largest absolute Gasteiger partial charge is 0.496 e. The van der Waals surface area contributed by atoms with Gasteiger partial charge in [-0.25, -0.2) is 0 Å². The van der Waals surface area contributed by atoms with Crippen molar-refractivity contribution in [1.29, 1.82) is 0 Å². The van der Waals surface area contributed by atoms with Crippen LogP contribution in [-0.2, 0) is 9.53 Å². The van der Waals surface area contributed by atoms with E-state index < -0.39 is 5.60 Å². The number of rotatable bonds is 6. The van der Waals surface area contributed by atoms with Gasteiger partial charge < -0.3 is 14.8 Å². The van der Waals surface area contributed by atoms with Gasteiger partial charge in [-0.15, -0.1) is 0 Å². The molecule has 0 aliphatic carbocycles. The van der Waals surface area contributed by atoms with Crippen molar-refractivity contribution in [2.24, 2.45) is 0 Å². The molecule has 0 aromatic heterocycles. The number of benzene rings is 1. The minimum absolute atomic E-state index is 0.0851. The van der Waals surface area contributed by atoms with Gasteiger partial charge in [0, 0.05) is 12.7 Å². The van der Waals surface area contributed by atoms with Crippen LogP contribution in [0.1, 0.15) is 38.8 Å². The predicted octanol–water partition coefficient (Wildman–Crippen LogP) is 2.69. The van der Waals surface area contributed by atoms with Crippen molar-refractivity contribution in [1.82, 2.24) is 5.32 Å². The molecule has 4 heteroatoms. The fourth-order valence-electron chi connectivity index (χ4n) is 1.78. The highest BCUT2D eigenvalue weighted by molar-refractivity contribution is 5.84. The van der Waals surface area contributed by atoms with E-state index in [-0.39, 0.29) is 11.9 Å². The molecule has 19 heavy (non-hydrogen) atoms. The van der Waals surface area contributed by atoms with Gasteiger partial charge in [0.05, 0.1) is 13.2 Å². The van der Waals surface area contributed by atoms with Crippen molar-refractivity contribution >= 4 is 5.91 Å². The summed E-state index contributed by atoms with van der Waals surface area (Å²) < 4.78 is 10.5. The standard InChI is InChI=1S/C15H23NO3/c1-6-12(16-14(17)15(2,3)19-5)11-9-7-8-10-13(11)18-4/h7-10,12H,6H2,1-5H3,(H,16,17). The highest BCUT2D eigenvalue weighted by atomic mass is 16.5. The Bertz CT molecular complexity index is 429. The Kier molecular flexibility index (Phi) is 5.36. The molecule has 0 aliphatic rings. The molecule has 1 aromatic rings. The Morgan fingerprint density at radius 3 is 2.47 bits per heavy atom. The first-order chi connectivity index (χ1) is 8.96. The second kappa shape index (κ2) is 6.57. The molecule has 106 valence electrons. The molecular formula is C15H23NO3. The summed E-state index contributed by atoms with van der Waals surface area (Å²) in [5.41, 5.74) is 0.142. The van der Waals surface area contributed by atoms with Crippen LogP contribution in [0.5, 0.6) is 5.75 Å². The van der Waals surface area contributed by atoms with E-state index in [0.29, 0.717) is 0 Å². The van der Waals surface area contributed by atoms with Crippen LogP contribution in [0.4, 0.5) is 0 Å². The maximum Gasteiger partial charge on any atom is 0.252 e. The van der Waals surface area contributed by atoms with Crippen molar-refractivity contribution < 1.29 is 14.3 Å². The first-order valence-electron chi connectivity index (χ1n) is 6.45. The minimum atomic E-state index is -0.838. The van der Waals surface area contributed by atoms with Gasteiger partial charge in [-0.05, 0) is 26.3 Å². The molecule has 0 spiro atoms. The first kappa shape index (κ1) is 15.5. The van der Waals surface area contributed by atoms with Gasteiger partial charge in [-0.3, -0.25) is 4.79 Å². The molecule has 0 saturated carbocycles. The van der Waals surface area contributed by atoms with E-state index in [1.165, 1.54) is 7.11 Å². The topological polar surface area (TPSA) is 47.6 Å². The molecule has 0 bridgehead atoms. The van der Waals surface area contributed by atoms with Crippen molar-refractivity contribution in [2.45, 2.75) is 38.8 Å². The fourth-order valence-corrected chi connectivity index (χ4v) is 1.78. The Balaban J connectivity index is 2.93. The summed E-state index contributed by atoms with van der Waals surface area (Å²) in [5.74, 6) is 0.651. The van der Waals surface area contributed by atoms with Gasteiger partial charge in [-0.1, -0.05) is 25.1 Å². The summed E-state index contributed by atoms with van der Waals surface area (Å²) in [4.78, 5) is 12.2. The quantitative estimate of drug-likeness (QED) is 0.860. The Morgan fingerprint density at radius 2 is 1.95 bits per heavy atom. The normalized spacial score (nSPS) is 12.9. The third kappa shape index (κ3) is 3.70. The van der Waals surface area contributed by atoms with E-state index in [9.17, 15) is 4.79 Å². The lowest BCUT2D eigenvalue weighted by atomic mass is 10.0. The molecule has 1 amide bonds. The number of amides is 1. The number of para-hydroxylation sites is 1. The van der Waals surface area contributed by atoms with E-state index in [0.717, 1.165) is 17.7 Å². The van der Waals surface area contributed by atoms with Crippen LogP contribution in [0.15, 0.2) is 24.3 Å². The summed E-state index contributed by atoms with van der Waals surface area (Å²) in [6.45, 7) is 5.52. The van der Waals surface area contributed by atoms with Crippen molar-refractivity contribution in [3.8, 4) is 5.75 Å². The van der Waals surface area contributed by atoms with Gasteiger partial charge in [0.2, 0.25) is 0 Å². The molecule has 1 aromatic carbocycles. The van der Waals surface area contributed by atoms with Crippen LogP contribution in [-0.4, -0.2) is 25.7 Å². The smallest absolute Gasteiger partial charge is 0.252 e. The zero-order valence-electron chi connectivity index (χ0n) is 12.3. The minimum Gasteiger partial charge on any atom is -0.496 e. The molecule has 0 heterocycles. The first-order valence-corrected chi connectivity index (χ1v) is 6.45. The number of methoxy groups -OCH3 is 2. The van der Waals surface area contributed by atoms with Crippen LogP contribution in [0.3, 0.4) is 0 Å². The van der Waals surface area contributed by atoms with Gasteiger partial charge in [0.1, 0.15) is 11.4 Å². The average molecular weight is 265 g/mol. The molecule has 0 saturated heterocycles. The predicted molar refractivity (Wildman–Crippen MR) is 75.3 cm³/mol. The number of carbonyl (C=O) groups is 1. The van der Waals surface area contributed by atoms with Gasteiger partial charge in [-0.2, -0.15) is 0 Å². The zero-order chi connectivity index (χ0) is 14.5. The lowest BCUT2D eigenvalue weighted by Gasteiger charge is -2.26. The lowest BCUT2D eigenvalue weighted by molar-refractivity contribution is -0.140. The van der Waals surface area contributed by atoms with Gasteiger partial charge >= 0.3 is 0 Å². The maximum atomic E-state index is 12.2. The molecule has 1 N–H and O–H groups in total. The average Bonchev–Trinajstić information content (AvgIpc) is 2.44. The highest BCUT2D eigenvalue weighted by Crippen LogP contribution is 2.27. The van der Waals surface area contributed by atoms with Crippen LogP contribution in [0, 0.1) is 0 Å². The number of nitrogens with one attached hydrogen (secondary N) is 1. The van der Waals surface area contributed by atoms with Crippen molar-refractivity contribution in [2.75, 3.05) is 14.2 Å². The molecule has 1 unspecified atom stereocenters. The van der Waals surface area contributed by atoms with Crippen LogP contribution in [0.2, 0.25) is 0 Å². The highest BCUT2D eigenvalue weighted by Gasteiger charge is 2.29. The second-order valence-corrected chi connectivity index (χ2v) is 4.89. The summed E-state index contributed by atoms with van der Waals surface area (Å²) in [7, 11) is 3.16.